The van der Waals surface area contributed by atoms with Gasteiger partial charge in [0.2, 0.25) is 0 Å². The molecule has 22 aliphatic heterocycles. The molecule has 0 aromatic heterocycles. The molecule has 0 aliphatic carbocycles. The van der Waals surface area contributed by atoms with Crippen LogP contribution in [-0.4, -0.2) is 483 Å². The molecular formula is C55H93NO45S. The summed E-state index contributed by atoms with van der Waals surface area (Å²) in [4.78, 5) is 13.4. The summed E-state index contributed by atoms with van der Waals surface area (Å²) in [5.41, 5.74) is -1.83. The third-order valence-corrected chi connectivity index (χ3v) is 19.9. The molecule has 22 aliphatic rings. The van der Waals surface area contributed by atoms with Gasteiger partial charge in [0, 0.05) is 12.3 Å². The van der Waals surface area contributed by atoms with Gasteiger partial charge in [0.15, 0.2) is 56.4 Å². The highest BCUT2D eigenvalue weighted by Gasteiger charge is 2.60. The molecule has 22 heterocycles. The standard InChI is InChI=1S/C55H93NO45S/c57-3-11(65)38(93-47-30(77)20(67)19(66)12(4-58)86-47)21(68)29(76)46(85)56-1-2-102-55-45-28(75)37(84)54(101-55)99-44-18(10-64)91-52(35(82)26(44)73)97-42-16(8-62)89-50(33(80)24(42)71)95-40-14(6-60)87-48(31(78)22(40)69)94-39-13(5-59)88-49(32(79)23(39)70)96-41-15(7-61)90-51(34(81)25(41)72)98-43-17(9-63)92-53(100-45)36(83)27(43)74/h11-45,47-55,57-84H,1-10H2,(H,56,85)/t11-,12-,13?,14?,15?,16?,17?,18?,19+,20-,21+,22?,23?,24?,25?,26?,27?,28?,29-,30-,31?,32?,33?,34?,35?,36?,37?,38+,39?,40?,41?,42?,43?,44?,45?,47-,48?,49?,50?,51?,52?,53?,54?,55?/m0/s1. The minimum absolute atomic E-state index is 0.460. The van der Waals surface area contributed by atoms with Crippen molar-refractivity contribution < 1.29 is 224 Å². The van der Waals surface area contributed by atoms with E-state index in [0.29, 0.717) is 11.8 Å². The molecule has 594 valence electrons. The Balaban J connectivity index is 0.978. The first-order valence-electron chi connectivity index (χ1n) is 32.3. The zero-order chi connectivity index (χ0) is 74.8. The minimum Gasteiger partial charge on any atom is -0.394 e. The smallest absolute Gasteiger partial charge is 0.251 e. The van der Waals surface area contributed by atoms with Gasteiger partial charge in [0.1, 0.15) is 213 Å². The molecule has 29 N–H and O–H groups in total. The molecule has 0 radical (unpaired) electrons. The first-order valence-corrected chi connectivity index (χ1v) is 33.3. The number of thioether (sulfide) groups is 1. The summed E-state index contributed by atoms with van der Waals surface area (Å²) in [6, 6.07) is 0. The number of carbonyl (C=O) groups excluding carboxylic acids is 1. The highest BCUT2D eigenvalue weighted by atomic mass is 32.2. The molecule has 47 heteroatoms. The maximum atomic E-state index is 13.4. The van der Waals surface area contributed by atoms with Crippen molar-refractivity contribution in [2.45, 2.75) is 269 Å². The molecule has 44 atom stereocenters. The van der Waals surface area contributed by atoms with Crippen LogP contribution in [0, 0.1) is 0 Å². The van der Waals surface area contributed by atoms with Crippen molar-refractivity contribution in [3.63, 3.8) is 0 Å². The highest BCUT2D eigenvalue weighted by molar-refractivity contribution is 7.99. The van der Waals surface area contributed by atoms with Crippen LogP contribution in [-0.2, 0) is 80.6 Å². The van der Waals surface area contributed by atoms with E-state index in [1.54, 1.807) is 0 Å². The van der Waals surface area contributed by atoms with Crippen molar-refractivity contribution in [3.8, 4) is 0 Å². The minimum atomic E-state index is -2.59. The molecule has 0 aromatic carbocycles. The van der Waals surface area contributed by atoms with Crippen LogP contribution in [0.2, 0.25) is 0 Å². The average molecular weight is 1520 g/mol. The number of aliphatic hydroxyl groups is 28. The average Bonchev–Trinajstić information content (AvgIpc) is 0.778. The normalized spacial score (nSPS) is 50.5. The van der Waals surface area contributed by atoms with Crippen LogP contribution in [0.1, 0.15) is 0 Å². The molecular weight excluding hydrogens is 1430 g/mol. The Kier molecular flexibility index (Phi) is 30.3. The third-order valence-electron chi connectivity index (χ3n) is 18.8. The van der Waals surface area contributed by atoms with Crippen LogP contribution < -0.4 is 5.32 Å². The van der Waals surface area contributed by atoms with E-state index in [-0.39, 0.29) is 0 Å². The molecule has 22 rings (SSSR count). The van der Waals surface area contributed by atoms with E-state index in [4.69, 9.17) is 75.8 Å². The number of amides is 1. The molecule has 22 saturated heterocycles. The lowest BCUT2D eigenvalue weighted by atomic mass is 9.95. The fourth-order valence-corrected chi connectivity index (χ4v) is 14.0. The van der Waals surface area contributed by atoms with Gasteiger partial charge in [-0.3, -0.25) is 4.79 Å². The molecule has 0 saturated carbocycles. The number of rotatable bonds is 18. The molecule has 35 unspecified atom stereocenters. The maximum absolute atomic E-state index is 13.4. The van der Waals surface area contributed by atoms with Crippen LogP contribution >= 0.6 is 11.8 Å². The first kappa shape index (κ1) is 84.1. The van der Waals surface area contributed by atoms with Gasteiger partial charge in [-0.15, -0.1) is 11.8 Å². The van der Waals surface area contributed by atoms with Crippen molar-refractivity contribution in [2.75, 3.05) is 65.2 Å². The van der Waals surface area contributed by atoms with Crippen LogP contribution in [0.25, 0.3) is 0 Å². The van der Waals surface area contributed by atoms with Crippen LogP contribution in [0.5, 0.6) is 0 Å². The van der Waals surface area contributed by atoms with E-state index in [1.807, 2.05) is 0 Å². The van der Waals surface area contributed by atoms with Gasteiger partial charge >= 0.3 is 0 Å². The fourth-order valence-electron chi connectivity index (χ4n) is 12.9. The van der Waals surface area contributed by atoms with E-state index >= 15 is 0 Å². The largest absolute Gasteiger partial charge is 0.394 e. The monoisotopic (exact) mass is 1520 g/mol. The van der Waals surface area contributed by atoms with Crippen LogP contribution in [0.15, 0.2) is 0 Å². The van der Waals surface area contributed by atoms with Gasteiger partial charge < -0.3 is 224 Å². The molecule has 0 aromatic rings. The van der Waals surface area contributed by atoms with Crippen molar-refractivity contribution in [1.29, 1.82) is 0 Å². The maximum Gasteiger partial charge on any atom is 0.251 e. The van der Waals surface area contributed by atoms with Crippen LogP contribution in [0.4, 0.5) is 0 Å². The summed E-state index contributed by atoms with van der Waals surface area (Å²) in [6.45, 7) is -9.54. The summed E-state index contributed by atoms with van der Waals surface area (Å²) in [7, 11) is 0. The Morgan fingerprint density at radius 3 is 0.882 bits per heavy atom. The number of carbonyl (C=O) groups is 1. The van der Waals surface area contributed by atoms with Crippen molar-refractivity contribution >= 4 is 17.7 Å². The molecule has 22 fully saturated rings. The van der Waals surface area contributed by atoms with Crippen molar-refractivity contribution in [1.82, 2.24) is 5.32 Å². The molecule has 14 bridgehead atoms. The van der Waals surface area contributed by atoms with Crippen LogP contribution in [0.3, 0.4) is 0 Å². The summed E-state index contributed by atoms with van der Waals surface area (Å²) >= 11 is 0.534. The number of aliphatic hydroxyl groups excluding tert-OH is 28. The van der Waals surface area contributed by atoms with Gasteiger partial charge in [-0.25, -0.2) is 0 Å². The lowest BCUT2D eigenvalue weighted by Crippen LogP contribution is -2.68. The Morgan fingerprint density at radius 2 is 0.598 bits per heavy atom. The second-order valence-electron chi connectivity index (χ2n) is 25.4. The Bertz CT molecular complexity index is 2540. The van der Waals surface area contributed by atoms with Gasteiger partial charge in [0.05, 0.1) is 52.9 Å². The summed E-state index contributed by atoms with van der Waals surface area (Å²) in [5.74, 6) is -1.90. The number of nitrogens with one attached hydrogen (secondary N) is 1. The lowest BCUT2D eigenvalue weighted by Gasteiger charge is -2.50. The zero-order valence-corrected chi connectivity index (χ0v) is 54.2. The Labute approximate surface area is 579 Å². The highest BCUT2D eigenvalue weighted by Crippen LogP contribution is 2.41. The SMILES string of the molecule is O=C(NCCSC1OC2OC3C(CO)OC(OC4C(CO)OC(OC5C(CO)OC(OC6C(CO)OC(OC7C(CO)OC(OC8C(CO)OC(OC1C(O)C2O)C(O)C8O)C(O)C7O)C(O)C6O)C(O)C5O)C(O)C4O)C(O)C3O)[C@@H](O)[C@@H](O)[C@H](O[C@@H]1O[C@@H](CO)[C@@H](O)[C@H](O)[C@@H]1O)[C@@H](O)CO. The van der Waals surface area contributed by atoms with Gasteiger partial charge in [-0.1, -0.05) is 0 Å². The van der Waals surface area contributed by atoms with E-state index in [9.17, 15) is 148 Å². The second-order valence-corrected chi connectivity index (χ2v) is 26.7. The summed E-state index contributed by atoms with van der Waals surface area (Å²) in [6.07, 6.45) is -91.4. The Morgan fingerprint density at radius 1 is 0.324 bits per heavy atom. The van der Waals surface area contributed by atoms with Gasteiger partial charge in [-0.2, -0.15) is 0 Å². The topological polar surface area (TPSA) is 743 Å². The van der Waals surface area contributed by atoms with E-state index in [0.717, 1.165) is 0 Å². The fraction of sp³-hybridized carbons (Fsp3) is 0.982. The third kappa shape index (κ3) is 17.6. The summed E-state index contributed by atoms with van der Waals surface area (Å²) in [5, 5.41) is 310. The van der Waals surface area contributed by atoms with E-state index < -0.39 is 340 Å². The number of ether oxygens (including phenoxy) is 16. The molecule has 0 spiro atoms. The molecule has 46 nitrogen and oxygen atoms in total. The van der Waals surface area contributed by atoms with Crippen molar-refractivity contribution in [3.05, 3.63) is 0 Å². The van der Waals surface area contributed by atoms with Gasteiger partial charge in [-0.05, 0) is 0 Å². The quantitative estimate of drug-likeness (QED) is 0.0567. The number of hydrogen-bond acceptors (Lipinski definition) is 46. The Hall–Kier alpha value is -1.94. The predicted molar refractivity (Wildman–Crippen MR) is 311 cm³/mol. The molecule has 1 amide bonds. The summed E-state index contributed by atoms with van der Waals surface area (Å²) < 4.78 is 91.5. The van der Waals surface area contributed by atoms with Gasteiger partial charge in [0.25, 0.3) is 5.91 Å². The number of hydrogen-bond donors (Lipinski definition) is 29. The predicted octanol–water partition coefficient (Wildman–Crippen LogP) is -20.2. The van der Waals surface area contributed by atoms with E-state index in [1.165, 1.54) is 0 Å². The zero-order valence-electron chi connectivity index (χ0n) is 53.3. The second kappa shape index (κ2) is 36.7. The van der Waals surface area contributed by atoms with Crippen molar-refractivity contribution in [2.24, 2.45) is 0 Å². The first-order chi connectivity index (χ1) is 48.4. The van der Waals surface area contributed by atoms with E-state index in [2.05, 4.69) is 5.32 Å². The lowest BCUT2D eigenvalue weighted by molar-refractivity contribution is -0.396. The molecule has 102 heavy (non-hydrogen) atoms.